The van der Waals surface area contributed by atoms with Gasteiger partial charge in [0, 0.05) is 0 Å². The molecule has 136 valence electrons. The fraction of sp³-hybridized carbons (Fsp3) is 0.192. The molecule has 0 amide bonds. The minimum absolute atomic E-state index is 0. The van der Waals surface area contributed by atoms with Crippen molar-refractivity contribution in [1.29, 1.82) is 0 Å². The quantitative estimate of drug-likeness (QED) is 0.248. The molecule has 1 fully saturated rings. The summed E-state index contributed by atoms with van der Waals surface area (Å²) >= 11 is 0. The molecule has 5 rings (SSSR count). The number of rotatable bonds is 0. The van der Waals surface area contributed by atoms with E-state index in [0.29, 0.717) is 0 Å². The molecule has 0 heterocycles. The fourth-order valence-electron chi connectivity index (χ4n) is 3.23. The van der Waals surface area contributed by atoms with E-state index in [1.54, 1.807) is 0 Å². The van der Waals surface area contributed by atoms with E-state index in [4.69, 9.17) is 6.58 Å². The second-order valence-corrected chi connectivity index (χ2v) is 6.50. The molecular formula is C26H28Zr. The van der Waals surface area contributed by atoms with Gasteiger partial charge in [-0.1, -0.05) is 68.5 Å². The second kappa shape index (κ2) is 12.6. The van der Waals surface area contributed by atoms with Gasteiger partial charge in [-0.25, -0.2) is 12.1 Å². The number of fused-ring (bicyclic) bond motifs is 3. The van der Waals surface area contributed by atoms with E-state index in [0.717, 1.165) is 0 Å². The standard InChI is InChI=1S/C13H9.C7H11.C5H5.CH3.Zr/c1-3-7-12-10(5-1)9-11-6-2-4-8-13(11)12;1-7-5-3-2-4-6-7;1-2-4-5-3-1;;/h1-9H;1H,2-6H2;1-5H;1H3;/q4*-1;+4. The summed E-state index contributed by atoms with van der Waals surface area (Å²) in [7, 11) is 0. The van der Waals surface area contributed by atoms with Gasteiger partial charge in [-0.3, -0.25) is 5.57 Å². The second-order valence-electron chi connectivity index (χ2n) is 6.50. The van der Waals surface area contributed by atoms with Gasteiger partial charge in [-0.05, 0) is 0 Å². The Morgan fingerprint density at radius 1 is 0.667 bits per heavy atom. The maximum Gasteiger partial charge on any atom is 4.00 e. The van der Waals surface area contributed by atoms with Crippen molar-refractivity contribution < 1.29 is 26.2 Å². The van der Waals surface area contributed by atoms with E-state index in [1.807, 2.05) is 30.3 Å². The van der Waals surface area contributed by atoms with Gasteiger partial charge in [0.1, 0.15) is 0 Å². The Morgan fingerprint density at radius 3 is 1.52 bits per heavy atom. The summed E-state index contributed by atoms with van der Waals surface area (Å²) < 4.78 is 0. The molecule has 1 heteroatoms. The van der Waals surface area contributed by atoms with Gasteiger partial charge < -0.3 is 14.0 Å². The average Bonchev–Trinajstić information content (AvgIpc) is 3.34. The van der Waals surface area contributed by atoms with Crippen LogP contribution in [0, 0.1) is 14.0 Å². The normalized spacial score (nSPS) is 12.7. The topological polar surface area (TPSA) is 0 Å². The molecular weight excluding hydrogens is 404 g/mol. The molecule has 0 nitrogen and oxygen atoms in total. The Labute approximate surface area is 183 Å². The molecule has 0 aliphatic heterocycles. The first-order chi connectivity index (χ1) is 12.3. The van der Waals surface area contributed by atoms with Gasteiger partial charge in [0.15, 0.2) is 0 Å². The zero-order valence-electron chi connectivity index (χ0n) is 16.2. The molecule has 0 saturated heterocycles. The van der Waals surface area contributed by atoms with Crippen molar-refractivity contribution in [2.75, 3.05) is 0 Å². The summed E-state index contributed by atoms with van der Waals surface area (Å²) in [5.41, 5.74) is 1.21. The van der Waals surface area contributed by atoms with Crippen molar-refractivity contribution in [2.24, 2.45) is 0 Å². The van der Waals surface area contributed by atoms with Crippen molar-refractivity contribution in [3.05, 3.63) is 105 Å². The van der Waals surface area contributed by atoms with Crippen LogP contribution in [0.4, 0.5) is 0 Å². The summed E-state index contributed by atoms with van der Waals surface area (Å²) in [4.78, 5) is 0. The van der Waals surface area contributed by atoms with E-state index >= 15 is 0 Å². The van der Waals surface area contributed by atoms with E-state index in [-0.39, 0.29) is 33.6 Å². The van der Waals surface area contributed by atoms with Gasteiger partial charge in [0.2, 0.25) is 0 Å². The van der Waals surface area contributed by atoms with Gasteiger partial charge in [-0.15, -0.1) is 39.7 Å². The molecule has 1 saturated carbocycles. The monoisotopic (exact) mass is 430 g/mol. The average molecular weight is 432 g/mol. The first-order valence-electron chi connectivity index (χ1n) is 9.14. The fourth-order valence-corrected chi connectivity index (χ4v) is 3.23. The Bertz CT molecular complexity index is 821. The summed E-state index contributed by atoms with van der Waals surface area (Å²) in [5.74, 6) is 0. The largest absolute Gasteiger partial charge is 4.00 e. The molecule has 0 unspecified atom stereocenters. The number of hydrogen-bond donors (Lipinski definition) is 0. The van der Waals surface area contributed by atoms with Crippen molar-refractivity contribution in [2.45, 2.75) is 32.1 Å². The molecule has 4 aromatic rings. The maximum atomic E-state index is 5.55. The van der Waals surface area contributed by atoms with Crippen LogP contribution < -0.4 is 0 Å². The van der Waals surface area contributed by atoms with Gasteiger partial charge >= 0.3 is 26.2 Å². The summed E-state index contributed by atoms with van der Waals surface area (Å²) in [6.45, 7) is 5.55. The minimum Gasteiger partial charge on any atom is -0.514 e. The molecule has 1 aliphatic rings. The van der Waals surface area contributed by atoms with Crippen molar-refractivity contribution >= 4 is 21.5 Å². The van der Waals surface area contributed by atoms with E-state index in [1.165, 1.54) is 59.2 Å². The molecule has 27 heavy (non-hydrogen) atoms. The van der Waals surface area contributed by atoms with Crippen LogP contribution in [0.3, 0.4) is 0 Å². The van der Waals surface area contributed by atoms with Crippen molar-refractivity contribution in [3.8, 4) is 0 Å². The molecule has 1 aliphatic carbocycles. The van der Waals surface area contributed by atoms with Crippen LogP contribution in [0.2, 0.25) is 0 Å². The zero-order chi connectivity index (χ0) is 17.3. The molecule has 0 aromatic heterocycles. The maximum absolute atomic E-state index is 5.55. The summed E-state index contributed by atoms with van der Waals surface area (Å²) in [6, 6.07) is 29.3. The SMILES string of the molecule is [CH-]=C1CCCCC1.[CH3-].[Zr+4].c1cc[cH-]c1.c1ccc2c(c1)[cH-]c1ccccc12. The first-order valence-corrected chi connectivity index (χ1v) is 9.14. The van der Waals surface area contributed by atoms with Crippen LogP contribution >= 0.6 is 0 Å². The Hall–Kier alpha value is -1.72. The minimum atomic E-state index is 0. The molecule has 4 aromatic carbocycles. The third-order valence-corrected chi connectivity index (χ3v) is 4.57. The Balaban J connectivity index is 0.000000223. The van der Waals surface area contributed by atoms with Crippen LogP contribution in [-0.4, -0.2) is 0 Å². The predicted molar refractivity (Wildman–Crippen MR) is 116 cm³/mol. The number of allylic oxidation sites excluding steroid dienone is 1. The van der Waals surface area contributed by atoms with Gasteiger partial charge in [-0.2, -0.15) is 18.2 Å². The van der Waals surface area contributed by atoms with Crippen LogP contribution in [0.15, 0.2) is 90.5 Å². The van der Waals surface area contributed by atoms with E-state index in [2.05, 4.69) is 54.6 Å². The summed E-state index contributed by atoms with van der Waals surface area (Å²) in [6.07, 6.45) is 6.40. The van der Waals surface area contributed by atoms with E-state index in [9.17, 15) is 0 Å². The molecule has 0 bridgehead atoms. The summed E-state index contributed by atoms with van der Waals surface area (Å²) in [5, 5.41) is 5.39. The first kappa shape index (κ1) is 23.3. The molecule has 0 N–H and O–H groups in total. The van der Waals surface area contributed by atoms with E-state index < -0.39 is 0 Å². The number of hydrogen-bond acceptors (Lipinski definition) is 0. The smallest absolute Gasteiger partial charge is 0.514 e. The Morgan fingerprint density at radius 2 is 1.15 bits per heavy atom. The van der Waals surface area contributed by atoms with Crippen LogP contribution in [0.25, 0.3) is 21.5 Å². The third-order valence-electron chi connectivity index (χ3n) is 4.57. The van der Waals surface area contributed by atoms with Crippen LogP contribution in [0.5, 0.6) is 0 Å². The molecule has 0 atom stereocenters. The zero-order valence-corrected chi connectivity index (χ0v) is 18.7. The molecule has 0 radical (unpaired) electrons. The van der Waals surface area contributed by atoms with Crippen molar-refractivity contribution in [1.82, 2.24) is 0 Å². The van der Waals surface area contributed by atoms with Gasteiger partial charge in [0.05, 0.1) is 0 Å². The van der Waals surface area contributed by atoms with Gasteiger partial charge in [0.25, 0.3) is 0 Å². The van der Waals surface area contributed by atoms with Crippen LogP contribution in [-0.2, 0) is 26.2 Å². The van der Waals surface area contributed by atoms with Crippen molar-refractivity contribution in [3.63, 3.8) is 0 Å². The predicted octanol–water partition coefficient (Wildman–Crippen LogP) is 7.88. The number of benzene rings is 2. The Kier molecular flexibility index (Phi) is 10.9. The third kappa shape index (κ3) is 7.07. The van der Waals surface area contributed by atoms with Crippen LogP contribution in [0.1, 0.15) is 32.1 Å². The molecule has 0 spiro atoms.